The van der Waals surface area contributed by atoms with E-state index in [-0.39, 0.29) is 11.2 Å². The molecule has 25 heavy (non-hydrogen) atoms. The van der Waals surface area contributed by atoms with Crippen LogP contribution in [0.4, 0.5) is 0 Å². The van der Waals surface area contributed by atoms with Gasteiger partial charge in [0.05, 0.1) is 5.02 Å². The lowest BCUT2D eigenvalue weighted by Gasteiger charge is -2.10. The minimum Gasteiger partial charge on any atom is -0.291 e. The van der Waals surface area contributed by atoms with Crippen LogP contribution < -0.4 is 11.2 Å². The Labute approximate surface area is 150 Å². The topological polar surface area (TPSA) is 83.5 Å². The Hall–Kier alpha value is -2.83. The van der Waals surface area contributed by atoms with E-state index in [4.69, 9.17) is 23.2 Å². The lowest BCUT2D eigenvalue weighted by Crippen LogP contribution is -2.22. The van der Waals surface area contributed by atoms with E-state index in [0.717, 1.165) is 0 Å². The molecule has 2 N–H and O–H groups in total. The first-order chi connectivity index (χ1) is 12.0. The quantitative estimate of drug-likeness (QED) is 0.565. The van der Waals surface area contributed by atoms with Gasteiger partial charge in [-0.1, -0.05) is 35.3 Å². The van der Waals surface area contributed by atoms with Crippen LogP contribution in [0.25, 0.3) is 28.2 Å². The van der Waals surface area contributed by atoms with Crippen LogP contribution in [0.2, 0.25) is 10.0 Å². The summed E-state index contributed by atoms with van der Waals surface area (Å²) in [5.74, 6) is 0.440. The second-order valence-corrected chi connectivity index (χ2v) is 6.18. The molecule has 8 heteroatoms. The van der Waals surface area contributed by atoms with Gasteiger partial charge in [-0.25, -0.2) is 9.78 Å². The Morgan fingerprint density at radius 1 is 0.920 bits per heavy atom. The summed E-state index contributed by atoms with van der Waals surface area (Å²) in [7, 11) is 0. The molecule has 0 aliphatic heterocycles. The van der Waals surface area contributed by atoms with Crippen LogP contribution in [0.5, 0.6) is 0 Å². The largest absolute Gasteiger partial charge is 0.327 e. The SMILES string of the molecule is O=c1[nH]c(=O)c2nc(-c3ccccc3Cl)n(-c3ccc(Cl)cc3)c2[nH]1. The first kappa shape index (κ1) is 15.7. The third-order valence-corrected chi connectivity index (χ3v) is 4.33. The predicted octanol–water partition coefficient (Wildman–Crippen LogP) is 3.38. The minimum absolute atomic E-state index is 0.115. The van der Waals surface area contributed by atoms with Crippen molar-refractivity contribution in [3.8, 4) is 17.1 Å². The smallest absolute Gasteiger partial charge is 0.291 e. The standard InChI is InChI=1S/C17H10Cl2N4O2/c18-9-5-7-10(8-6-9)23-14(11-3-1-2-4-12(11)19)20-13-15(23)21-17(25)22-16(13)24/h1-8H,(H2,21,22,24,25). The van der Waals surface area contributed by atoms with Crippen molar-refractivity contribution in [2.45, 2.75) is 0 Å². The minimum atomic E-state index is -0.613. The predicted molar refractivity (Wildman–Crippen MR) is 97.8 cm³/mol. The van der Waals surface area contributed by atoms with Gasteiger partial charge in [0, 0.05) is 16.3 Å². The van der Waals surface area contributed by atoms with E-state index in [1.807, 2.05) is 6.07 Å². The molecule has 4 aromatic rings. The number of hydrogen-bond donors (Lipinski definition) is 2. The molecule has 6 nitrogen and oxygen atoms in total. The van der Waals surface area contributed by atoms with Gasteiger partial charge in [-0.05, 0) is 36.4 Å². The van der Waals surface area contributed by atoms with Crippen molar-refractivity contribution >= 4 is 34.4 Å². The number of fused-ring (bicyclic) bond motifs is 1. The monoisotopic (exact) mass is 372 g/mol. The fourth-order valence-electron chi connectivity index (χ4n) is 2.66. The normalized spacial score (nSPS) is 11.1. The maximum absolute atomic E-state index is 12.2. The number of halogens is 2. The molecule has 0 aliphatic carbocycles. The molecular weight excluding hydrogens is 363 g/mol. The lowest BCUT2D eigenvalue weighted by atomic mass is 10.2. The molecule has 0 saturated heterocycles. The van der Waals surface area contributed by atoms with E-state index in [1.54, 1.807) is 47.0 Å². The van der Waals surface area contributed by atoms with Gasteiger partial charge in [0.2, 0.25) is 0 Å². The zero-order valence-electron chi connectivity index (χ0n) is 12.6. The Bertz CT molecular complexity index is 1210. The van der Waals surface area contributed by atoms with Crippen molar-refractivity contribution in [3.05, 3.63) is 79.4 Å². The molecule has 0 fully saturated rings. The molecule has 0 saturated carbocycles. The Morgan fingerprint density at radius 3 is 2.36 bits per heavy atom. The highest BCUT2D eigenvalue weighted by Gasteiger charge is 2.19. The zero-order chi connectivity index (χ0) is 17.6. The van der Waals surface area contributed by atoms with Crippen molar-refractivity contribution in [2.75, 3.05) is 0 Å². The first-order valence-corrected chi connectivity index (χ1v) is 8.06. The van der Waals surface area contributed by atoms with Gasteiger partial charge in [-0.15, -0.1) is 0 Å². The summed E-state index contributed by atoms with van der Waals surface area (Å²) in [6.45, 7) is 0. The summed E-state index contributed by atoms with van der Waals surface area (Å²) in [4.78, 5) is 33.2. The molecule has 0 unspecified atom stereocenters. The van der Waals surface area contributed by atoms with E-state index in [2.05, 4.69) is 15.0 Å². The number of aromatic nitrogens is 4. The van der Waals surface area contributed by atoms with Gasteiger partial charge in [0.25, 0.3) is 5.56 Å². The number of nitrogens with one attached hydrogen (secondary N) is 2. The second-order valence-electron chi connectivity index (χ2n) is 5.33. The Morgan fingerprint density at radius 2 is 1.64 bits per heavy atom. The van der Waals surface area contributed by atoms with E-state index < -0.39 is 11.2 Å². The van der Waals surface area contributed by atoms with Crippen LogP contribution >= 0.6 is 23.2 Å². The Kier molecular flexibility index (Phi) is 3.71. The maximum Gasteiger partial charge on any atom is 0.327 e. The number of aromatic amines is 2. The summed E-state index contributed by atoms with van der Waals surface area (Å²) < 4.78 is 1.67. The van der Waals surface area contributed by atoms with Crippen LogP contribution in [-0.2, 0) is 0 Å². The lowest BCUT2D eigenvalue weighted by molar-refractivity contribution is 1.03. The highest BCUT2D eigenvalue weighted by atomic mass is 35.5. The Balaban J connectivity index is 2.16. The molecule has 0 amide bonds. The summed E-state index contributed by atoms with van der Waals surface area (Å²) in [5, 5.41) is 1.05. The summed E-state index contributed by atoms with van der Waals surface area (Å²) in [6.07, 6.45) is 0. The first-order valence-electron chi connectivity index (χ1n) is 7.30. The molecular formula is C17H10Cl2N4O2. The molecule has 0 atom stereocenters. The highest BCUT2D eigenvalue weighted by molar-refractivity contribution is 6.33. The molecule has 2 aromatic heterocycles. The van der Waals surface area contributed by atoms with Crippen molar-refractivity contribution < 1.29 is 0 Å². The third kappa shape index (κ3) is 2.65. The van der Waals surface area contributed by atoms with E-state index >= 15 is 0 Å². The fraction of sp³-hybridized carbons (Fsp3) is 0. The van der Waals surface area contributed by atoms with Gasteiger partial charge in [0.15, 0.2) is 11.2 Å². The van der Waals surface area contributed by atoms with Gasteiger partial charge < -0.3 is 0 Å². The number of H-pyrrole nitrogens is 2. The number of benzene rings is 2. The number of nitrogens with zero attached hydrogens (tertiary/aromatic N) is 2. The average Bonchev–Trinajstić information content (AvgIpc) is 2.95. The molecule has 4 rings (SSSR count). The molecule has 0 aliphatic rings. The fourth-order valence-corrected chi connectivity index (χ4v) is 3.01. The summed E-state index contributed by atoms with van der Waals surface area (Å²) in [6, 6.07) is 14.1. The van der Waals surface area contributed by atoms with Crippen LogP contribution in [0.3, 0.4) is 0 Å². The summed E-state index contributed by atoms with van der Waals surface area (Å²) in [5.41, 5.74) is 0.534. The number of rotatable bonds is 2. The second kappa shape index (κ2) is 5.91. The maximum atomic E-state index is 12.2. The number of hydrogen-bond acceptors (Lipinski definition) is 3. The average molecular weight is 373 g/mol. The van der Waals surface area contributed by atoms with Gasteiger partial charge in [-0.2, -0.15) is 0 Å². The third-order valence-electron chi connectivity index (χ3n) is 3.75. The van der Waals surface area contributed by atoms with Crippen LogP contribution in [0.1, 0.15) is 0 Å². The van der Waals surface area contributed by atoms with Crippen LogP contribution in [0, 0.1) is 0 Å². The molecule has 0 radical (unpaired) electrons. The molecule has 0 spiro atoms. The van der Waals surface area contributed by atoms with Crippen molar-refractivity contribution in [2.24, 2.45) is 0 Å². The van der Waals surface area contributed by atoms with Crippen molar-refractivity contribution in [1.82, 2.24) is 19.5 Å². The van der Waals surface area contributed by atoms with Gasteiger partial charge in [-0.3, -0.25) is 19.3 Å². The molecule has 0 bridgehead atoms. The number of imidazole rings is 1. The molecule has 124 valence electrons. The van der Waals surface area contributed by atoms with E-state index in [1.165, 1.54) is 0 Å². The van der Waals surface area contributed by atoms with Crippen molar-refractivity contribution in [3.63, 3.8) is 0 Å². The van der Waals surface area contributed by atoms with Crippen molar-refractivity contribution in [1.29, 1.82) is 0 Å². The zero-order valence-corrected chi connectivity index (χ0v) is 14.1. The summed E-state index contributed by atoms with van der Waals surface area (Å²) >= 11 is 12.3. The van der Waals surface area contributed by atoms with Gasteiger partial charge in [0.1, 0.15) is 5.82 Å². The highest BCUT2D eigenvalue weighted by Crippen LogP contribution is 2.31. The van der Waals surface area contributed by atoms with Crippen LogP contribution in [-0.4, -0.2) is 19.5 Å². The molecule has 2 aromatic carbocycles. The van der Waals surface area contributed by atoms with Crippen LogP contribution in [0.15, 0.2) is 58.1 Å². The van der Waals surface area contributed by atoms with E-state index in [9.17, 15) is 9.59 Å². The molecule has 2 heterocycles. The van der Waals surface area contributed by atoms with E-state index in [0.29, 0.717) is 27.1 Å². The van der Waals surface area contributed by atoms with Gasteiger partial charge >= 0.3 is 5.69 Å².